The number of anilines is 1. The van der Waals surface area contributed by atoms with Gasteiger partial charge in [0.25, 0.3) is 0 Å². The third-order valence-corrected chi connectivity index (χ3v) is 3.41. The van der Waals surface area contributed by atoms with E-state index in [-0.39, 0.29) is 12.1 Å². The molecular weight excluding hydrogens is 212 g/mol. The number of aromatic nitrogens is 1. The number of para-hydroxylation sites is 1. The van der Waals surface area contributed by atoms with E-state index in [1.54, 1.807) is 0 Å². The quantitative estimate of drug-likeness (QED) is 0.830. The molecule has 1 heterocycles. The van der Waals surface area contributed by atoms with Gasteiger partial charge in [-0.05, 0) is 37.5 Å². The first kappa shape index (κ1) is 10.5. The minimum Gasteiger partial charge on any atom is -0.391 e. The van der Waals surface area contributed by atoms with E-state index in [0.717, 1.165) is 36.0 Å². The van der Waals surface area contributed by atoms with Gasteiger partial charge in [0, 0.05) is 5.39 Å². The lowest BCUT2D eigenvalue weighted by atomic mass is 10.2. The smallest absolute Gasteiger partial charge is 0.126 e. The minimum absolute atomic E-state index is 0.156. The van der Waals surface area contributed by atoms with E-state index in [0.29, 0.717) is 0 Å². The summed E-state index contributed by atoms with van der Waals surface area (Å²) in [6.45, 7) is 0. The number of aliphatic hydroxyl groups excluding tert-OH is 1. The van der Waals surface area contributed by atoms with Gasteiger partial charge >= 0.3 is 0 Å². The van der Waals surface area contributed by atoms with Crippen molar-refractivity contribution in [1.29, 1.82) is 0 Å². The Balaban J connectivity index is 1.85. The Kier molecular flexibility index (Phi) is 2.69. The van der Waals surface area contributed by atoms with Crippen LogP contribution in [-0.2, 0) is 0 Å². The van der Waals surface area contributed by atoms with Crippen LogP contribution < -0.4 is 5.32 Å². The summed E-state index contributed by atoms with van der Waals surface area (Å²) in [5.74, 6) is 0.856. The van der Waals surface area contributed by atoms with E-state index < -0.39 is 0 Å². The molecule has 2 N–H and O–H groups in total. The molecule has 1 saturated carbocycles. The number of hydrogen-bond acceptors (Lipinski definition) is 3. The van der Waals surface area contributed by atoms with E-state index in [1.807, 2.05) is 24.3 Å². The first-order valence-electron chi connectivity index (χ1n) is 6.13. The third-order valence-electron chi connectivity index (χ3n) is 3.41. The highest BCUT2D eigenvalue weighted by atomic mass is 16.3. The largest absolute Gasteiger partial charge is 0.391 e. The average molecular weight is 228 g/mol. The van der Waals surface area contributed by atoms with Gasteiger partial charge in [-0.15, -0.1) is 0 Å². The Hall–Kier alpha value is -1.61. The SMILES string of the molecule is OC1CCCC1Nc1ccc2ccccc2n1. The Bertz CT molecular complexity index is 526. The number of nitrogens with zero attached hydrogens (tertiary/aromatic N) is 1. The molecule has 1 fully saturated rings. The normalized spacial score (nSPS) is 24.1. The zero-order chi connectivity index (χ0) is 11.7. The van der Waals surface area contributed by atoms with Gasteiger partial charge in [0.2, 0.25) is 0 Å². The van der Waals surface area contributed by atoms with Gasteiger partial charge in [0.15, 0.2) is 0 Å². The molecule has 3 heteroatoms. The summed E-state index contributed by atoms with van der Waals surface area (Å²) in [6, 6.07) is 12.3. The van der Waals surface area contributed by atoms with Gasteiger partial charge < -0.3 is 10.4 Å². The lowest BCUT2D eigenvalue weighted by Crippen LogP contribution is -2.28. The second-order valence-corrected chi connectivity index (χ2v) is 4.64. The van der Waals surface area contributed by atoms with E-state index in [4.69, 9.17) is 0 Å². The molecule has 0 bridgehead atoms. The van der Waals surface area contributed by atoms with Crippen molar-refractivity contribution in [3.63, 3.8) is 0 Å². The molecule has 2 unspecified atom stereocenters. The van der Waals surface area contributed by atoms with E-state index in [9.17, 15) is 5.11 Å². The number of pyridine rings is 1. The van der Waals surface area contributed by atoms with Gasteiger partial charge in [0.05, 0.1) is 17.7 Å². The molecule has 17 heavy (non-hydrogen) atoms. The van der Waals surface area contributed by atoms with Crippen molar-refractivity contribution in [3.8, 4) is 0 Å². The zero-order valence-corrected chi connectivity index (χ0v) is 9.63. The highest BCUT2D eigenvalue weighted by Gasteiger charge is 2.25. The van der Waals surface area contributed by atoms with Crippen LogP contribution in [0.1, 0.15) is 19.3 Å². The fourth-order valence-electron chi connectivity index (χ4n) is 2.45. The van der Waals surface area contributed by atoms with Crippen molar-refractivity contribution in [2.45, 2.75) is 31.4 Å². The van der Waals surface area contributed by atoms with Crippen molar-refractivity contribution in [1.82, 2.24) is 4.98 Å². The summed E-state index contributed by atoms with van der Waals surface area (Å²) in [5, 5.41) is 14.2. The summed E-state index contributed by atoms with van der Waals surface area (Å²) < 4.78 is 0. The van der Waals surface area contributed by atoms with Crippen LogP contribution in [0.3, 0.4) is 0 Å². The summed E-state index contributed by atoms with van der Waals surface area (Å²) >= 11 is 0. The number of benzene rings is 1. The zero-order valence-electron chi connectivity index (χ0n) is 9.63. The maximum atomic E-state index is 9.77. The summed E-state index contributed by atoms with van der Waals surface area (Å²) in [4.78, 5) is 4.55. The van der Waals surface area contributed by atoms with Gasteiger partial charge in [-0.2, -0.15) is 0 Å². The molecule has 0 spiro atoms. The molecule has 0 aliphatic heterocycles. The number of fused-ring (bicyclic) bond motifs is 1. The molecule has 1 aliphatic carbocycles. The molecule has 3 nitrogen and oxygen atoms in total. The number of nitrogens with one attached hydrogen (secondary N) is 1. The number of hydrogen-bond donors (Lipinski definition) is 2. The Morgan fingerprint density at radius 3 is 2.82 bits per heavy atom. The van der Waals surface area contributed by atoms with Crippen LogP contribution in [0.15, 0.2) is 36.4 Å². The highest BCUT2D eigenvalue weighted by Crippen LogP contribution is 2.23. The maximum absolute atomic E-state index is 9.77. The standard InChI is InChI=1S/C14H16N2O/c17-13-7-3-6-12(13)16-14-9-8-10-4-1-2-5-11(10)15-14/h1-2,4-5,8-9,12-13,17H,3,6-7H2,(H,15,16). The van der Waals surface area contributed by atoms with Gasteiger partial charge in [-0.1, -0.05) is 18.2 Å². The first-order valence-corrected chi connectivity index (χ1v) is 6.13. The van der Waals surface area contributed by atoms with Gasteiger partial charge in [0.1, 0.15) is 5.82 Å². The van der Waals surface area contributed by atoms with Gasteiger partial charge in [-0.25, -0.2) is 4.98 Å². The van der Waals surface area contributed by atoms with Crippen LogP contribution in [0.5, 0.6) is 0 Å². The van der Waals surface area contributed by atoms with Crippen LogP contribution in [-0.4, -0.2) is 22.2 Å². The summed E-state index contributed by atoms with van der Waals surface area (Å²) in [5.41, 5.74) is 0.991. The molecule has 3 rings (SSSR count). The van der Waals surface area contributed by atoms with Crippen molar-refractivity contribution in [3.05, 3.63) is 36.4 Å². The van der Waals surface area contributed by atoms with Crippen molar-refractivity contribution < 1.29 is 5.11 Å². The third kappa shape index (κ3) is 2.11. The molecule has 1 aromatic heterocycles. The van der Waals surface area contributed by atoms with Crippen molar-refractivity contribution in [2.75, 3.05) is 5.32 Å². The molecule has 0 radical (unpaired) electrons. The maximum Gasteiger partial charge on any atom is 0.126 e. The molecule has 1 aliphatic rings. The van der Waals surface area contributed by atoms with Crippen LogP contribution in [0.25, 0.3) is 10.9 Å². The summed E-state index contributed by atoms with van der Waals surface area (Å²) in [7, 11) is 0. The van der Waals surface area contributed by atoms with Crippen molar-refractivity contribution >= 4 is 16.7 Å². The Labute approximate surface area is 100 Å². The molecule has 0 saturated heterocycles. The lowest BCUT2D eigenvalue weighted by Gasteiger charge is -2.17. The molecule has 1 aromatic carbocycles. The highest BCUT2D eigenvalue weighted by molar-refractivity contribution is 5.80. The van der Waals surface area contributed by atoms with E-state index >= 15 is 0 Å². The predicted octanol–water partition coefficient (Wildman–Crippen LogP) is 2.56. The Morgan fingerprint density at radius 1 is 1.12 bits per heavy atom. The van der Waals surface area contributed by atoms with E-state index in [1.165, 1.54) is 0 Å². The van der Waals surface area contributed by atoms with Gasteiger partial charge in [-0.3, -0.25) is 0 Å². The molecule has 2 atom stereocenters. The van der Waals surface area contributed by atoms with E-state index in [2.05, 4.69) is 22.4 Å². The van der Waals surface area contributed by atoms with Crippen LogP contribution in [0.4, 0.5) is 5.82 Å². The molecule has 0 amide bonds. The van der Waals surface area contributed by atoms with Crippen LogP contribution >= 0.6 is 0 Å². The monoisotopic (exact) mass is 228 g/mol. The van der Waals surface area contributed by atoms with Crippen LogP contribution in [0.2, 0.25) is 0 Å². The lowest BCUT2D eigenvalue weighted by molar-refractivity contribution is 0.171. The topological polar surface area (TPSA) is 45.1 Å². The Morgan fingerprint density at radius 2 is 2.00 bits per heavy atom. The number of aliphatic hydroxyl groups is 1. The molecule has 88 valence electrons. The second kappa shape index (κ2) is 4.34. The van der Waals surface area contributed by atoms with Crippen molar-refractivity contribution in [2.24, 2.45) is 0 Å². The molecular formula is C14H16N2O. The minimum atomic E-state index is -0.233. The number of rotatable bonds is 2. The average Bonchev–Trinajstić information content (AvgIpc) is 2.75. The summed E-state index contributed by atoms with van der Waals surface area (Å²) in [6.07, 6.45) is 2.77. The molecule has 2 aromatic rings. The predicted molar refractivity (Wildman–Crippen MR) is 69.0 cm³/mol. The fraction of sp³-hybridized carbons (Fsp3) is 0.357. The van der Waals surface area contributed by atoms with Crippen LogP contribution in [0, 0.1) is 0 Å². The first-order chi connectivity index (χ1) is 8.33. The second-order valence-electron chi connectivity index (χ2n) is 4.64. The fourth-order valence-corrected chi connectivity index (χ4v) is 2.45.